The molecular weight excluding hydrogens is 459 g/mol. The maximum absolute atomic E-state index is 6.03. The van der Waals surface area contributed by atoms with E-state index in [0.717, 1.165) is 28.3 Å². The lowest BCUT2D eigenvalue weighted by Crippen LogP contribution is -2.38. The highest BCUT2D eigenvalue weighted by Gasteiger charge is 2.15. The second kappa shape index (κ2) is 9.58. The SMILES string of the molecule is CCOc1cccc2cc(C(C)NC(=NC)NCc3ncnn3C)oc12.I. The van der Waals surface area contributed by atoms with E-state index in [1.165, 1.54) is 6.33 Å². The third-order valence-electron chi connectivity index (χ3n) is 4.05. The molecule has 1 atom stereocenters. The number of aryl methyl sites for hydroxylation is 1. The number of fused-ring (bicyclic) bond motifs is 1. The summed E-state index contributed by atoms with van der Waals surface area (Å²) in [5, 5.41) is 11.6. The average molecular weight is 484 g/mol. The minimum atomic E-state index is -0.0671. The highest BCUT2D eigenvalue weighted by atomic mass is 127. The number of rotatable bonds is 6. The third-order valence-corrected chi connectivity index (χ3v) is 4.05. The lowest BCUT2D eigenvalue weighted by molar-refractivity contribution is 0.336. The molecule has 0 aliphatic carbocycles. The first-order valence-corrected chi connectivity index (χ1v) is 8.57. The number of furan rings is 1. The number of hydrogen-bond acceptors (Lipinski definition) is 5. The highest BCUT2D eigenvalue weighted by molar-refractivity contribution is 14.0. The van der Waals surface area contributed by atoms with Gasteiger partial charge in [0.05, 0.1) is 19.2 Å². The molecule has 146 valence electrons. The van der Waals surface area contributed by atoms with Crippen LogP contribution in [0.2, 0.25) is 0 Å². The second-order valence-corrected chi connectivity index (χ2v) is 5.85. The van der Waals surface area contributed by atoms with Crippen LogP contribution in [0.1, 0.15) is 31.5 Å². The number of ether oxygens (including phenoxy) is 1. The Labute approximate surface area is 175 Å². The van der Waals surface area contributed by atoms with Gasteiger partial charge in [0, 0.05) is 19.5 Å². The number of para-hydroxylation sites is 1. The summed E-state index contributed by atoms with van der Waals surface area (Å²) in [6, 6.07) is 7.84. The summed E-state index contributed by atoms with van der Waals surface area (Å²) in [5.41, 5.74) is 0.764. The summed E-state index contributed by atoms with van der Waals surface area (Å²) in [6.45, 7) is 5.10. The maximum atomic E-state index is 6.03. The first-order chi connectivity index (χ1) is 12.6. The van der Waals surface area contributed by atoms with Crippen LogP contribution in [0, 0.1) is 0 Å². The van der Waals surface area contributed by atoms with Crippen LogP contribution in [0.3, 0.4) is 0 Å². The Morgan fingerprint density at radius 2 is 2.22 bits per heavy atom. The Hall–Kier alpha value is -2.30. The van der Waals surface area contributed by atoms with E-state index in [-0.39, 0.29) is 30.0 Å². The number of halogens is 1. The van der Waals surface area contributed by atoms with Crippen molar-refractivity contribution < 1.29 is 9.15 Å². The molecule has 0 radical (unpaired) electrons. The Kier molecular flexibility index (Phi) is 7.45. The van der Waals surface area contributed by atoms with Crippen molar-refractivity contribution in [1.29, 1.82) is 0 Å². The fourth-order valence-corrected chi connectivity index (χ4v) is 2.65. The van der Waals surface area contributed by atoms with Gasteiger partial charge in [-0.05, 0) is 26.0 Å². The van der Waals surface area contributed by atoms with Gasteiger partial charge in [0.1, 0.15) is 17.9 Å². The molecule has 2 N–H and O–H groups in total. The van der Waals surface area contributed by atoms with Crippen molar-refractivity contribution in [2.75, 3.05) is 13.7 Å². The molecular formula is C18H25IN6O2. The van der Waals surface area contributed by atoms with Gasteiger partial charge in [-0.3, -0.25) is 9.67 Å². The van der Waals surface area contributed by atoms with Crippen LogP contribution in [-0.4, -0.2) is 34.4 Å². The summed E-state index contributed by atoms with van der Waals surface area (Å²) in [6.07, 6.45) is 1.53. The zero-order valence-electron chi connectivity index (χ0n) is 15.9. The van der Waals surface area contributed by atoms with E-state index in [0.29, 0.717) is 19.1 Å². The Bertz CT molecular complexity index is 904. The monoisotopic (exact) mass is 484 g/mol. The van der Waals surface area contributed by atoms with Gasteiger partial charge >= 0.3 is 0 Å². The Morgan fingerprint density at radius 3 is 2.89 bits per heavy atom. The van der Waals surface area contributed by atoms with E-state index in [4.69, 9.17) is 9.15 Å². The van der Waals surface area contributed by atoms with Crippen molar-refractivity contribution in [1.82, 2.24) is 25.4 Å². The molecule has 1 aromatic carbocycles. The number of aliphatic imine (C=N–C) groups is 1. The first kappa shape index (κ1) is 21.0. The van der Waals surface area contributed by atoms with E-state index in [1.807, 2.05) is 45.2 Å². The lowest BCUT2D eigenvalue weighted by Gasteiger charge is -2.16. The molecule has 0 aliphatic heterocycles. The van der Waals surface area contributed by atoms with Crippen molar-refractivity contribution in [2.45, 2.75) is 26.4 Å². The molecule has 0 bridgehead atoms. The van der Waals surface area contributed by atoms with Crippen LogP contribution in [0.15, 0.2) is 40.0 Å². The number of aromatic nitrogens is 3. The molecule has 3 rings (SSSR count). The van der Waals surface area contributed by atoms with Gasteiger partial charge in [-0.25, -0.2) is 4.98 Å². The smallest absolute Gasteiger partial charge is 0.191 e. The van der Waals surface area contributed by atoms with E-state index in [1.54, 1.807) is 11.7 Å². The van der Waals surface area contributed by atoms with E-state index < -0.39 is 0 Å². The average Bonchev–Trinajstić information content (AvgIpc) is 3.25. The van der Waals surface area contributed by atoms with Crippen molar-refractivity contribution in [3.63, 3.8) is 0 Å². The first-order valence-electron chi connectivity index (χ1n) is 8.57. The molecule has 2 aromatic heterocycles. The second-order valence-electron chi connectivity index (χ2n) is 5.85. The van der Waals surface area contributed by atoms with Crippen molar-refractivity contribution in [2.24, 2.45) is 12.0 Å². The summed E-state index contributed by atoms with van der Waals surface area (Å²) in [5.74, 6) is 3.05. The van der Waals surface area contributed by atoms with Gasteiger partial charge in [0.15, 0.2) is 17.3 Å². The molecule has 1 unspecified atom stereocenters. The van der Waals surface area contributed by atoms with Crippen molar-refractivity contribution in [3.8, 4) is 5.75 Å². The molecule has 3 aromatic rings. The van der Waals surface area contributed by atoms with Gasteiger partial charge in [-0.15, -0.1) is 24.0 Å². The maximum Gasteiger partial charge on any atom is 0.191 e. The summed E-state index contributed by atoms with van der Waals surface area (Å²) >= 11 is 0. The molecule has 9 heteroatoms. The standard InChI is InChI=1S/C18H24N6O2.HI/c1-5-25-14-8-6-7-13-9-15(26-17(13)14)12(2)23-18(19-3)20-10-16-21-11-22-24(16)4;/h6-9,11-12H,5,10H2,1-4H3,(H2,19,20,23);1H. The van der Waals surface area contributed by atoms with Crippen LogP contribution >= 0.6 is 24.0 Å². The van der Waals surface area contributed by atoms with Gasteiger partial charge in [-0.2, -0.15) is 5.10 Å². The zero-order valence-corrected chi connectivity index (χ0v) is 18.2. The predicted molar refractivity (Wildman–Crippen MR) is 116 cm³/mol. The summed E-state index contributed by atoms with van der Waals surface area (Å²) < 4.78 is 13.4. The highest BCUT2D eigenvalue weighted by Crippen LogP contribution is 2.31. The van der Waals surface area contributed by atoms with Crippen LogP contribution in [0.25, 0.3) is 11.0 Å². The molecule has 2 heterocycles. The van der Waals surface area contributed by atoms with Gasteiger partial charge in [0.2, 0.25) is 0 Å². The molecule has 0 fully saturated rings. The predicted octanol–water partition coefficient (Wildman–Crippen LogP) is 3.00. The van der Waals surface area contributed by atoms with Crippen molar-refractivity contribution in [3.05, 3.63) is 42.2 Å². The third kappa shape index (κ3) is 4.90. The molecule has 0 saturated heterocycles. The van der Waals surface area contributed by atoms with Gasteiger partial charge < -0.3 is 19.8 Å². The Morgan fingerprint density at radius 1 is 1.41 bits per heavy atom. The molecule has 0 saturated carbocycles. The molecule has 8 nitrogen and oxygen atoms in total. The molecule has 0 spiro atoms. The van der Waals surface area contributed by atoms with E-state index in [9.17, 15) is 0 Å². The topological polar surface area (TPSA) is 89.5 Å². The summed E-state index contributed by atoms with van der Waals surface area (Å²) in [7, 11) is 3.58. The molecule has 27 heavy (non-hydrogen) atoms. The van der Waals surface area contributed by atoms with Crippen LogP contribution in [0.5, 0.6) is 5.75 Å². The normalized spacial score (nSPS) is 12.5. The van der Waals surface area contributed by atoms with Gasteiger partial charge in [0.25, 0.3) is 0 Å². The zero-order chi connectivity index (χ0) is 18.5. The molecule has 0 aliphatic rings. The van der Waals surface area contributed by atoms with Crippen LogP contribution in [-0.2, 0) is 13.6 Å². The fraction of sp³-hybridized carbons (Fsp3) is 0.389. The quantitative estimate of drug-likeness (QED) is 0.318. The van der Waals surface area contributed by atoms with Crippen molar-refractivity contribution >= 4 is 40.9 Å². The number of benzene rings is 1. The number of hydrogen-bond donors (Lipinski definition) is 2. The largest absolute Gasteiger partial charge is 0.490 e. The minimum Gasteiger partial charge on any atom is -0.490 e. The minimum absolute atomic E-state index is 0. The Balaban J connectivity index is 0.00000261. The van der Waals surface area contributed by atoms with E-state index in [2.05, 4.69) is 25.7 Å². The molecule has 0 amide bonds. The summed E-state index contributed by atoms with van der Waals surface area (Å²) in [4.78, 5) is 8.44. The number of guanidine groups is 1. The fourth-order valence-electron chi connectivity index (χ4n) is 2.65. The van der Waals surface area contributed by atoms with Gasteiger partial charge in [-0.1, -0.05) is 12.1 Å². The van der Waals surface area contributed by atoms with E-state index >= 15 is 0 Å². The van der Waals surface area contributed by atoms with Crippen LogP contribution < -0.4 is 15.4 Å². The van der Waals surface area contributed by atoms with Crippen LogP contribution in [0.4, 0.5) is 0 Å². The number of nitrogens with one attached hydrogen (secondary N) is 2. The number of nitrogens with zero attached hydrogens (tertiary/aromatic N) is 4. The lowest BCUT2D eigenvalue weighted by atomic mass is 10.2.